The maximum absolute atomic E-state index is 5.87. The van der Waals surface area contributed by atoms with E-state index in [4.69, 9.17) is 15.2 Å². The van der Waals surface area contributed by atoms with Gasteiger partial charge in [0.2, 0.25) is 0 Å². The van der Waals surface area contributed by atoms with Crippen molar-refractivity contribution in [2.45, 2.75) is 13.0 Å². The lowest BCUT2D eigenvalue weighted by molar-refractivity contribution is 0.390. The summed E-state index contributed by atoms with van der Waals surface area (Å²) in [5, 5.41) is 0. The normalized spacial score (nSPS) is 12.1. The number of rotatable bonds is 4. The average Bonchev–Trinajstić information content (AvgIpc) is 2.47. The van der Waals surface area contributed by atoms with E-state index >= 15 is 0 Å². The third-order valence-corrected chi connectivity index (χ3v) is 3.98. The van der Waals surface area contributed by atoms with Crippen LogP contribution in [0.25, 0.3) is 11.1 Å². The fourth-order valence-corrected chi connectivity index (χ4v) is 2.76. The summed E-state index contributed by atoms with van der Waals surface area (Å²) in [6.45, 7) is 1.97. The van der Waals surface area contributed by atoms with E-state index < -0.39 is 0 Å². The molecular weight excluding hydrogens is 318 g/mol. The molecule has 0 saturated heterocycles. The molecular formula is C16H18BrNO2. The van der Waals surface area contributed by atoms with E-state index in [0.29, 0.717) is 0 Å². The minimum absolute atomic E-state index is 0.0357. The van der Waals surface area contributed by atoms with E-state index in [2.05, 4.69) is 28.1 Å². The Morgan fingerprint density at radius 2 is 1.65 bits per heavy atom. The molecule has 0 saturated carbocycles. The van der Waals surface area contributed by atoms with Gasteiger partial charge in [0.05, 0.1) is 14.2 Å². The number of halogens is 1. The molecule has 0 fully saturated rings. The molecule has 0 heterocycles. The summed E-state index contributed by atoms with van der Waals surface area (Å²) in [6, 6.07) is 12.1. The van der Waals surface area contributed by atoms with Crippen LogP contribution in [0.5, 0.6) is 11.5 Å². The smallest absolute Gasteiger partial charge is 0.144 e. The zero-order chi connectivity index (χ0) is 14.7. The van der Waals surface area contributed by atoms with Gasteiger partial charge in [0.25, 0.3) is 0 Å². The van der Waals surface area contributed by atoms with E-state index in [1.807, 2.05) is 31.2 Å². The Morgan fingerprint density at radius 3 is 2.15 bits per heavy atom. The average molecular weight is 336 g/mol. The molecule has 2 aromatic carbocycles. The molecule has 4 heteroatoms. The lowest BCUT2D eigenvalue weighted by atomic mass is 10.0. The van der Waals surface area contributed by atoms with Crippen molar-refractivity contribution in [2.24, 2.45) is 5.73 Å². The van der Waals surface area contributed by atoms with Gasteiger partial charge in [-0.2, -0.15) is 0 Å². The first kappa shape index (κ1) is 14.9. The summed E-state index contributed by atoms with van der Waals surface area (Å²) in [6.07, 6.45) is 0. The quantitative estimate of drug-likeness (QED) is 0.912. The van der Waals surface area contributed by atoms with Crippen LogP contribution in [0, 0.1) is 0 Å². The summed E-state index contributed by atoms with van der Waals surface area (Å²) in [7, 11) is 3.29. The molecule has 0 amide bonds. The van der Waals surface area contributed by atoms with Crippen molar-refractivity contribution in [3.05, 3.63) is 46.4 Å². The van der Waals surface area contributed by atoms with Crippen LogP contribution in [-0.2, 0) is 0 Å². The summed E-state index contributed by atoms with van der Waals surface area (Å²) in [5.74, 6) is 1.51. The molecule has 2 N–H and O–H groups in total. The first-order chi connectivity index (χ1) is 9.58. The summed E-state index contributed by atoms with van der Waals surface area (Å²) in [4.78, 5) is 0. The van der Waals surface area contributed by atoms with Crippen molar-refractivity contribution in [1.29, 1.82) is 0 Å². The number of ether oxygens (including phenoxy) is 2. The van der Waals surface area contributed by atoms with Crippen LogP contribution in [0.15, 0.2) is 40.9 Å². The fraction of sp³-hybridized carbons (Fsp3) is 0.250. The lowest BCUT2D eigenvalue weighted by Crippen LogP contribution is -2.04. The predicted octanol–water partition coefficient (Wildman–Crippen LogP) is 4.15. The van der Waals surface area contributed by atoms with E-state index in [9.17, 15) is 0 Å². The van der Waals surface area contributed by atoms with Crippen LogP contribution in [-0.4, -0.2) is 14.2 Å². The standard InChI is InChI=1S/C16H18BrNO2/c1-10(18)11-4-6-12(7-5-11)13-8-9-14(19-2)15(17)16(13)20-3/h4-10H,18H2,1-3H3. The first-order valence-corrected chi connectivity index (χ1v) is 7.14. The van der Waals surface area contributed by atoms with Gasteiger partial charge in [0.1, 0.15) is 16.0 Å². The van der Waals surface area contributed by atoms with Gasteiger partial charge in [-0.1, -0.05) is 24.3 Å². The van der Waals surface area contributed by atoms with Crippen LogP contribution in [0.1, 0.15) is 18.5 Å². The number of nitrogens with two attached hydrogens (primary N) is 1. The molecule has 2 aromatic rings. The largest absolute Gasteiger partial charge is 0.495 e. The Hall–Kier alpha value is -1.52. The molecule has 106 valence electrons. The Bertz CT molecular complexity index is 594. The zero-order valence-electron chi connectivity index (χ0n) is 11.8. The fourth-order valence-electron chi connectivity index (χ4n) is 2.09. The van der Waals surface area contributed by atoms with Crippen molar-refractivity contribution < 1.29 is 9.47 Å². The summed E-state index contributed by atoms with van der Waals surface area (Å²) >= 11 is 3.52. The van der Waals surface area contributed by atoms with Crippen molar-refractivity contribution in [2.75, 3.05) is 14.2 Å². The molecule has 0 aliphatic heterocycles. The van der Waals surface area contributed by atoms with E-state index in [1.54, 1.807) is 14.2 Å². The molecule has 3 nitrogen and oxygen atoms in total. The highest BCUT2D eigenvalue weighted by atomic mass is 79.9. The summed E-state index contributed by atoms with van der Waals surface area (Å²) < 4.78 is 11.6. The number of benzene rings is 2. The highest BCUT2D eigenvalue weighted by Gasteiger charge is 2.14. The lowest BCUT2D eigenvalue weighted by Gasteiger charge is -2.14. The number of hydrogen-bond acceptors (Lipinski definition) is 3. The minimum atomic E-state index is 0.0357. The Labute approximate surface area is 127 Å². The molecule has 2 rings (SSSR count). The number of methoxy groups -OCH3 is 2. The first-order valence-electron chi connectivity index (χ1n) is 6.35. The van der Waals surface area contributed by atoms with Crippen LogP contribution in [0.4, 0.5) is 0 Å². The third-order valence-electron chi connectivity index (χ3n) is 3.23. The number of hydrogen-bond donors (Lipinski definition) is 1. The van der Waals surface area contributed by atoms with Gasteiger partial charge in [0.15, 0.2) is 0 Å². The Balaban J connectivity index is 2.49. The van der Waals surface area contributed by atoms with Gasteiger partial charge >= 0.3 is 0 Å². The second kappa shape index (κ2) is 6.29. The second-order valence-corrected chi connectivity index (χ2v) is 5.37. The van der Waals surface area contributed by atoms with Crippen LogP contribution >= 0.6 is 15.9 Å². The second-order valence-electron chi connectivity index (χ2n) is 4.57. The molecule has 0 bridgehead atoms. The highest BCUT2D eigenvalue weighted by molar-refractivity contribution is 9.10. The zero-order valence-corrected chi connectivity index (χ0v) is 13.4. The van der Waals surface area contributed by atoms with E-state index in [1.165, 1.54) is 0 Å². The SMILES string of the molecule is COc1ccc(-c2ccc(C(C)N)cc2)c(OC)c1Br. The molecule has 0 aromatic heterocycles. The van der Waals surface area contributed by atoms with Gasteiger partial charge in [-0.3, -0.25) is 0 Å². The van der Waals surface area contributed by atoms with E-state index in [-0.39, 0.29) is 6.04 Å². The maximum atomic E-state index is 5.87. The summed E-state index contributed by atoms with van der Waals surface area (Å²) in [5.41, 5.74) is 9.07. The monoisotopic (exact) mass is 335 g/mol. The minimum Gasteiger partial charge on any atom is -0.495 e. The molecule has 0 aliphatic rings. The third kappa shape index (κ3) is 2.81. The van der Waals surface area contributed by atoms with Gasteiger partial charge in [-0.05, 0) is 46.1 Å². The van der Waals surface area contributed by atoms with E-state index in [0.717, 1.165) is 32.7 Å². The van der Waals surface area contributed by atoms with Gasteiger partial charge in [0, 0.05) is 11.6 Å². The predicted molar refractivity (Wildman–Crippen MR) is 85.3 cm³/mol. The van der Waals surface area contributed by atoms with Crippen molar-refractivity contribution in [3.8, 4) is 22.6 Å². The molecule has 0 radical (unpaired) electrons. The van der Waals surface area contributed by atoms with Crippen LogP contribution < -0.4 is 15.2 Å². The van der Waals surface area contributed by atoms with Gasteiger partial charge in [-0.25, -0.2) is 0 Å². The molecule has 0 aliphatic carbocycles. The maximum Gasteiger partial charge on any atom is 0.144 e. The van der Waals surface area contributed by atoms with Crippen molar-refractivity contribution in [1.82, 2.24) is 0 Å². The van der Waals surface area contributed by atoms with Crippen LogP contribution in [0.2, 0.25) is 0 Å². The highest BCUT2D eigenvalue weighted by Crippen LogP contribution is 2.42. The van der Waals surface area contributed by atoms with Gasteiger partial charge in [-0.15, -0.1) is 0 Å². The Kier molecular flexibility index (Phi) is 4.68. The van der Waals surface area contributed by atoms with Crippen molar-refractivity contribution >= 4 is 15.9 Å². The molecule has 0 spiro atoms. The molecule has 20 heavy (non-hydrogen) atoms. The van der Waals surface area contributed by atoms with Gasteiger partial charge < -0.3 is 15.2 Å². The topological polar surface area (TPSA) is 44.5 Å². The van der Waals surface area contributed by atoms with Crippen molar-refractivity contribution in [3.63, 3.8) is 0 Å². The van der Waals surface area contributed by atoms with Crippen LogP contribution in [0.3, 0.4) is 0 Å². The molecule has 1 unspecified atom stereocenters. The molecule has 1 atom stereocenters. The Morgan fingerprint density at radius 1 is 1.00 bits per heavy atom.